The number of ketones is 1. The van der Waals surface area contributed by atoms with Gasteiger partial charge < -0.3 is 4.84 Å². The molecule has 1 aliphatic carbocycles. The van der Waals surface area contributed by atoms with Gasteiger partial charge in [0.25, 0.3) is 0 Å². The molecule has 1 aromatic carbocycles. The van der Waals surface area contributed by atoms with E-state index in [-0.39, 0.29) is 5.78 Å². The highest BCUT2D eigenvalue weighted by atomic mass is 17.3. The van der Waals surface area contributed by atoms with Crippen LogP contribution < -0.4 is 5.64 Å². The standard InChI is InChI=1S/C19H21NO4/c1-4-14(5-2)12-17-8-7-16-13-15(6-9-18(16)19(17)21)10-11-23-20-24-22-3/h4-6,9-13,20H,1,7-8H2,2-3H3/b11-10-,14-5+,17-12+. The first-order chi connectivity index (χ1) is 11.7. The number of allylic oxidation sites excluding steroid dienone is 5. The zero-order chi connectivity index (χ0) is 17.4. The Morgan fingerprint density at radius 1 is 1.33 bits per heavy atom. The Bertz CT molecular complexity index is 701. The molecule has 0 heterocycles. The third-order valence-corrected chi connectivity index (χ3v) is 3.73. The highest BCUT2D eigenvalue weighted by Gasteiger charge is 2.21. The van der Waals surface area contributed by atoms with Gasteiger partial charge in [0.15, 0.2) is 5.78 Å². The predicted molar refractivity (Wildman–Crippen MR) is 92.5 cm³/mol. The van der Waals surface area contributed by atoms with E-state index in [1.807, 2.05) is 37.3 Å². The van der Waals surface area contributed by atoms with Gasteiger partial charge in [-0.1, -0.05) is 36.9 Å². The van der Waals surface area contributed by atoms with Crippen LogP contribution in [0.3, 0.4) is 0 Å². The van der Waals surface area contributed by atoms with Crippen LogP contribution in [-0.4, -0.2) is 12.9 Å². The van der Waals surface area contributed by atoms with Gasteiger partial charge in [0.1, 0.15) is 6.26 Å². The summed E-state index contributed by atoms with van der Waals surface area (Å²) in [6, 6.07) is 5.72. The first kappa shape index (κ1) is 17.9. The Balaban J connectivity index is 2.13. The number of hydrogen-bond acceptors (Lipinski definition) is 5. The Labute approximate surface area is 141 Å². The summed E-state index contributed by atoms with van der Waals surface area (Å²) in [6.45, 7) is 5.69. The monoisotopic (exact) mass is 327 g/mol. The summed E-state index contributed by atoms with van der Waals surface area (Å²) in [5, 5.41) is 0. The minimum atomic E-state index is 0.0828. The number of carbonyl (C=O) groups is 1. The minimum Gasteiger partial charge on any atom is -0.389 e. The molecule has 2 rings (SSSR count). The number of carbonyl (C=O) groups excluding carboxylic acids is 1. The van der Waals surface area contributed by atoms with Crippen molar-refractivity contribution in [1.29, 1.82) is 0 Å². The molecule has 0 spiro atoms. The topological polar surface area (TPSA) is 56.8 Å². The van der Waals surface area contributed by atoms with Gasteiger partial charge in [-0.2, -0.15) is 0 Å². The van der Waals surface area contributed by atoms with Gasteiger partial charge in [-0.3, -0.25) is 4.79 Å². The van der Waals surface area contributed by atoms with E-state index in [4.69, 9.17) is 4.84 Å². The Kier molecular flexibility index (Phi) is 6.69. The first-order valence-corrected chi connectivity index (χ1v) is 7.63. The number of fused-ring (bicyclic) bond motifs is 1. The summed E-state index contributed by atoms with van der Waals surface area (Å²) < 4.78 is 0. The van der Waals surface area contributed by atoms with Crippen LogP contribution in [0.2, 0.25) is 0 Å². The summed E-state index contributed by atoms with van der Waals surface area (Å²) in [7, 11) is 1.36. The summed E-state index contributed by atoms with van der Waals surface area (Å²) in [5.74, 6) is 0.0828. The van der Waals surface area contributed by atoms with Crippen LogP contribution >= 0.6 is 0 Å². The fraction of sp³-hybridized carbons (Fsp3) is 0.211. The van der Waals surface area contributed by atoms with Gasteiger partial charge >= 0.3 is 0 Å². The summed E-state index contributed by atoms with van der Waals surface area (Å²) in [4.78, 5) is 26.1. The molecule has 5 heteroatoms. The highest BCUT2D eigenvalue weighted by Crippen LogP contribution is 2.27. The van der Waals surface area contributed by atoms with Crippen LogP contribution in [-0.2, 0) is 21.1 Å². The van der Waals surface area contributed by atoms with Crippen molar-refractivity contribution in [1.82, 2.24) is 5.64 Å². The van der Waals surface area contributed by atoms with Crippen molar-refractivity contribution in [3.63, 3.8) is 0 Å². The lowest BCUT2D eigenvalue weighted by Gasteiger charge is -2.18. The van der Waals surface area contributed by atoms with Crippen molar-refractivity contribution in [2.75, 3.05) is 7.11 Å². The maximum Gasteiger partial charge on any atom is 0.189 e. The second kappa shape index (κ2) is 8.98. The van der Waals surface area contributed by atoms with Crippen molar-refractivity contribution in [3.8, 4) is 0 Å². The third-order valence-electron chi connectivity index (χ3n) is 3.73. The molecule has 0 bridgehead atoms. The Morgan fingerprint density at radius 2 is 2.17 bits per heavy atom. The molecule has 0 fully saturated rings. The molecular formula is C19H21NO4. The fourth-order valence-electron chi connectivity index (χ4n) is 2.49. The average molecular weight is 327 g/mol. The second-order valence-electron chi connectivity index (χ2n) is 5.16. The summed E-state index contributed by atoms with van der Waals surface area (Å²) in [6.07, 6.45) is 10.4. The molecule has 0 saturated heterocycles. The maximum absolute atomic E-state index is 12.6. The quantitative estimate of drug-likeness (QED) is 0.206. The smallest absolute Gasteiger partial charge is 0.189 e. The van der Waals surface area contributed by atoms with E-state index in [1.54, 1.807) is 12.2 Å². The third kappa shape index (κ3) is 4.52. The average Bonchev–Trinajstić information content (AvgIpc) is 2.61. The SMILES string of the molecule is C=CC(=C\C)/C=C1\CCc2cc(/C=C\ONOOC)ccc2C1=O. The van der Waals surface area contributed by atoms with E-state index < -0.39 is 0 Å². The molecule has 0 aliphatic heterocycles. The van der Waals surface area contributed by atoms with Crippen molar-refractivity contribution < 1.29 is 19.5 Å². The molecule has 1 N–H and O–H groups in total. The largest absolute Gasteiger partial charge is 0.389 e. The van der Waals surface area contributed by atoms with Gasteiger partial charge in [0.05, 0.1) is 7.11 Å². The number of aryl methyl sites for hydroxylation is 1. The molecular weight excluding hydrogens is 306 g/mol. The van der Waals surface area contributed by atoms with E-state index >= 15 is 0 Å². The number of rotatable bonds is 7. The van der Waals surface area contributed by atoms with Gasteiger partial charge in [-0.05, 0) is 54.3 Å². The minimum absolute atomic E-state index is 0.0828. The molecule has 0 saturated carbocycles. The van der Waals surface area contributed by atoms with Crippen molar-refractivity contribution >= 4 is 11.9 Å². The molecule has 0 radical (unpaired) electrons. The lowest BCUT2D eigenvalue weighted by atomic mass is 9.85. The number of hydrogen-bond donors (Lipinski definition) is 1. The van der Waals surface area contributed by atoms with Crippen LogP contribution in [0.25, 0.3) is 6.08 Å². The van der Waals surface area contributed by atoms with Crippen molar-refractivity contribution in [3.05, 3.63) is 77.1 Å². The molecule has 0 aromatic heterocycles. The second-order valence-corrected chi connectivity index (χ2v) is 5.16. The zero-order valence-corrected chi connectivity index (χ0v) is 13.9. The van der Waals surface area contributed by atoms with Crippen LogP contribution in [0.15, 0.2) is 60.4 Å². The predicted octanol–water partition coefficient (Wildman–Crippen LogP) is 3.86. The molecule has 1 aliphatic rings. The number of nitrogens with one attached hydrogen (secondary N) is 1. The lowest BCUT2D eigenvalue weighted by Crippen LogP contribution is -2.14. The van der Waals surface area contributed by atoms with E-state index in [1.165, 1.54) is 13.4 Å². The Hall–Kier alpha value is -2.47. The van der Waals surface area contributed by atoms with E-state index in [0.717, 1.165) is 40.7 Å². The number of Topliss-reactive ketones (excluding diaryl/α,β-unsaturated/α-hetero) is 1. The maximum atomic E-state index is 12.6. The van der Waals surface area contributed by atoms with E-state index in [2.05, 4.69) is 22.1 Å². The van der Waals surface area contributed by atoms with Crippen LogP contribution in [0.5, 0.6) is 0 Å². The van der Waals surface area contributed by atoms with Gasteiger partial charge in [-0.25, -0.2) is 4.89 Å². The fourth-order valence-corrected chi connectivity index (χ4v) is 2.49. The van der Waals surface area contributed by atoms with E-state index in [0.29, 0.717) is 0 Å². The van der Waals surface area contributed by atoms with Crippen molar-refractivity contribution in [2.24, 2.45) is 0 Å². The highest BCUT2D eigenvalue weighted by molar-refractivity contribution is 6.11. The normalized spacial score (nSPS) is 16.5. The van der Waals surface area contributed by atoms with E-state index in [9.17, 15) is 4.79 Å². The number of benzene rings is 1. The van der Waals surface area contributed by atoms with Crippen LogP contribution in [0.4, 0.5) is 0 Å². The van der Waals surface area contributed by atoms with Gasteiger partial charge in [-0.15, -0.1) is 4.99 Å². The Morgan fingerprint density at radius 3 is 2.88 bits per heavy atom. The molecule has 1 aromatic rings. The van der Waals surface area contributed by atoms with Gasteiger partial charge in [0.2, 0.25) is 0 Å². The van der Waals surface area contributed by atoms with Crippen LogP contribution in [0, 0.1) is 0 Å². The molecule has 126 valence electrons. The molecule has 0 unspecified atom stereocenters. The molecule has 0 atom stereocenters. The summed E-state index contributed by atoms with van der Waals surface area (Å²) >= 11 is 0. The van der Waals surface area contributed by atoms with Crippen LogP contribution in [0.1, 0.15) is 34.8 Å². The van der Waals surface area contributed by atoms with Gasteiger partial charge in [0, 0.05) is 11.1 Å². The molecule has 24 heavy (non-hydrogen) atoms. The molecule has 5 nitrogen and oxygen atoms in total. The lowest BCUT2D eigenvalue weighted by molar-refractivity contribution is -0.375. The zero-order valence-electron chi connectivity index (χ0n) is 13.9. The van der Waals surface area contributed by atoms with Crippen molar-refractivity contribution in [2.45, 2.75) is 19.8 Å². The molecule has 0 amide bonds. The summed E-state index contributed by atoms with van der Waals surface area (Å²) in [5.41, 5.74) is 6.65. The first-order valence-electron chi connectivity index (χ1n) is 7.63.